The van der Waals surface area contributed by atoms with E-state index in [1.807, 2.05) is 0 Å². The Morgan fingerprint density at radius 2 is 1.45 bits per heavy atom. The Bertz CT molecular complexity index is 613. The van der Waals surface area contributed by atoms with E-state index in [1.54, 1.807) is 12.1 Å². The zero-order chi connectivity index (χ0) is 20.6. The summed E-state index contributed by atoms with van der Waals surface area (Å²) in [5.74, 6) is 1.36. The van der Waals surface area contributed by atoms with Gasteiger partial charge in [-0.05, 0) is 80.2 Å². The minimum absolute atomic E-state index is 0.0733. The Morgan fingerprint density at radius 1 is 0.793 bits per heavy atom. The lowest BCUT2D eigenvalue weighted by Crippen LogP contribution is -2.25. The van der Waals surface area contributed by atoms with Crippen LogP contribution in [-0.4, -0.2) is 6.61 Å². The maximum absolute atomic E-state index is 14.8. The number of hydrogen-bond donors (Lipinski definition) is 0. The molecule has 0 unspecified atom stereocenters. The van der Waals surface area contributed by atoms with Gasteiger partial charge in [0.25, 0.3) is 0 Å². The lowest BCUT2D eigenvalue weighted by molar-refractivity contribution is 0.158. The highest BCUT2D eigenvalue weighted by atomic mass is 19.2. The van der Waals surface area contributed by atoms with Crippen molar-refractivity contribution in [1.82, 2.24) is 0 Å². The maximum atomic E-state index is 14.8. The maximum Gasteiger partial charge on any atom is 0.200 e. The molecule has 3 rings (SSSR count). The Morgan fingerprint density at radius 3 is 2.07 bits per heavy atom. The van der Waals surface area contributed by atoms with Crippen molar-refractivity contribution < 1.29 is 13.5 Å². The summed E-state index contributed by atoms with van der Waals surface area (Å²) in [4.78, 5) is 0. The van der Waals surface area contributed by atoms with Crippen LogP contribution in [0.3, 0.4) is 0 Å². The molecule has 164 valence electrons. The molecule has 29 heavy (non-hydrogen) atoms. The van der Waals surface area contributed by atoms with Crippen molar-refractivity contribution in [3.8, 4) is 5.75 Å². The van der Waals surface area contributed by atoms with Crippen LogP contribution in [0.1, 0.15) is 109 Å². The molecule has 2 aliphatic carbocycles. The van der Waals surface area contributed by atoms with Crippen molar-refractivity contribution in [2.45, 2.75) is 103 Å². The smallest absolute Gasteiger partial charge is 0.200 e. The average molecular weight is 407 g/mol. The Hall–Kier alpha value is -1.12. The van der Waals surface area contributed by atoms with Crippen LogP contribution in [0.25, 0.3) is 0 Å². The predicted molar refractivity (Wildman–Crippen MR) is 116 cm³/mol. The highest BCUT2D eigenvalue weighted by Gasteiger charge is 2.32. The summed E-state index contributed by atoms with van der Waals surface area (Å²) in [7, 11) is 0. The summed E-state index contributed by atoms with van der Waals surface area (Å²) < 4.78 is 34.8. The highest BCUT2D eigenvalue weighted by molar-refractivity contribution is 5.33. The van der Waals surface area contributed by atoms with E-state index in [4.69, 9.17) is 4.74 Å². The zero-order valence-corrected chi connectivity index (χ0v) is 18.5. The molecule has 0 saturated heterocycles. The summed E-state index contributed by atoms with van der Waals surface area (Å²) in [5, 5.41) is 0. The minimum atomic E-state index is -0.794. The number of benzene rings is 1. The average Bonchev–Trinajstić information content (AvgIpc) is 2.77. The Balaban J connectivity index is 1.50. The molecule has 0 amide bonds. The molecule has 1 aromatic rings. The van der Waals surface area contributed by atoms with Crippen LogP contribution in [0.15, 0.2) is 12.1 Å². The molecule has 1 aromatic carbocycles. The second-order valence-corrected chi connectivity index (χ2v) is 9.49. The van der Waals surface area contributed by atoms with Gasteiger partial charge in [-0.3, -0.25) is 0 Å². The molecule has 0 radical (unpaired) electrons. The van der Waals surface area contributed by atoms with Gasteiger partial charge in [0.15, 0.2) is 11.6 Å². The molecule has 0 aromatic heterocycles. The van der Waals surface area contributed by atoms with Crippen molar-refractivity contribution in [2.24, 2.45) is 17.8 Å². The van der Waals surface area contributed by atoms with Gasteiger partial charge in [0, 0.05) is 0 Å². The third kappa shape index (κ3) is 5.95. The highest BCUT2D eigenvalue weighted by Crippen LogP contribution is 2.45. The van der Waals surface area contributed by atoms with Gasteiger partial charge in [-0.25, -0.2) is 4.39 Å². The first-order valence-electron chi connectivity index (χ1n) is 12.2. The molecule has 0 spiro atoms. The number of rotatable bonds is 9. The number of hydrogen-bond acceptors (Lipinski definition) is 1. The van der Waals surface area contributed by atoms with Crippen LogP contribution in [0.5, 0.6) is 5.75 Å². The van der Waals surface area contributed by atoms with Gasteiger partial charge in [0.2, 0.25) is 5.82 Å². The first-order valence-corrected chi connectivity index (χ1v) is 12.2. The van der Waals surface area contributed by atoms with Crippen molar-refractivity contribution in [3.63, 3.8) is 0 Å². The SMILES string of the molecule is CCCCCCOc1ccc(C2CCC(C3CCC(CC)CC3)CC2)c(F)c1F. The van der Waals surface area contributed by atoms with Gasteiger partial charge >= 0.3 is 0 Å². The van der Waals surface area contributed by atoms with E-state index in [2.05, 4.69) is 13.8 Å². The van der Waals surface area contributed by atoms with E-state index in [0.29, 0.717) is 12.2 Å². The summed E-state index contributed by atoms with van der Waals surface area (Å²) in [6.07, 6.45) is 15.4. The lowest BCUT2D eigenvalue weighted by Gasteiger charge is -2.38. The third-order valence-electron chi connectivity index (χ3n) is 7.68. The second-order valence-electron chi connectivity index (χ2n) is 9.49. The number of unbranched alkanes of at least 4 members (excludes halogenated alkanes) is 3. The first kappa shape index (κ1) is 22.6. The molecular weight excluding hydrogens is 366 g/mol. The fourth-order valence-electron chi connectivity index (χ4n) is 5.65. The molecule has 2 fully saturated rings. The topological polar surface area (TPSA) is 9.23 Å². The minimum Gasteiger partial charge on any atom is -0.490 e. The molecule has 0 bridgehead atoms. The normalized spacial score (nSPS) is 27.7. The number of ether oxygens (including phenoxy) is 1. The molecule has 0 atom stereocenters. The quantitative estimate of drug-likeness (QED) is 0.374. The van der Waals surface area contributed by atoms with E-state index < -0.39 is 11.6 Å². The van der Waals surface area contributed by atoms with E-state index in [0.717, 1.165) is 56.3 Å². The molecule has 0 aliphatic heterocycles. The molecule has 2 saturated carbocycles. The lowest BCUT2D eigenvalue weighted by atomic mass is 9.68. The van der Waals surface area contributed by atoms with Crippen molar-refractivity contribution in [3.05, 3.63) is 29.3 Å². The molecule has 2 aliphatic rings. The largest absolute Gasteiger partial charge is 0.490 e. The van der Waals surface area contributed by atoms with Gasteiger partial charge in [-0.2, -0.15) is 4.39 Å². The van der Waals surface area contributed by atoms with E-state index >= 15 is 0 Å². The van der Waals surface area contributed by atoms with Gasteiger partial charge in [0.1, 0.15) is 0 Å². The van der Waals surface area contributed by atoms with Crippen molar-refractivity contribution in [1.29, 1.82) is 0 Å². The van der Waals surface area contributed by atoms with Crippen LogP contribution in [0, 0.1) is 29.4 Å². The van der Waals surface area contributed by atoms with Gasteiger partial charge in [-0.15, -0.1) is 0 Å². The van der Waals surface area contributed by atoms with Crippen LogP contribution < -0.4 is 4.74 Å². The molecular formula is C26H40F2O. The summed E-state index contributed by atoms with van der Waals surface area (Å²) >= 11 is 0. The monoisotopic (exact) mass is 406 g/mol. The standard InChI is InChI=1S/C26H40F2O/c1-3-5-6-7-18-29-24-17-16-23(25(27)26(24)28)22-14-12-21(13-15-22)20-10-8-19(4-2)9-11-20/h16-17,19-22H,3-15,18H2,1-2H3. The van der Waals surface area contributed by atoms with Gasteiger partial charge in [0.05, 0.1) is 6.61 Å². The summed E-state index contributed by atoms with van der Waals surface area (Å²) in [5.41, 5.74) is 0.564. The molecule has 1 nitrogen and oxygen atoms in total. The Kier molecular flexibility index (Phi) is 8.81. The van der Waals surface area contributed by atoms with Crippen LogP contribution in [-0.2, 0) is 0 Å². The Labute approximate surface area is 176 Å². The van der Waals surface area contributed by atoms with Crippen LogP contribution in [0.4, 0.5) is 8.78 Å². The predicted octanol–water partition coefficient (Wildman–Crippen LogP) is 8.41. The second kappa shape index (κ2) is 11.3. The van der Waals surface area contributed by atoms with Crippen molar-refractivity contribution >= 4 is 0 Å². The van der Waals surface area contributed by atoms with E-state index in [1.165, 1.54) is 44.9 Å². The van der Waals surface area contributed by atoms with Crippen molar-refractivity contribution in [2.75, 3.05) is 6.61 Å². The fourth-order valence-corrected chi connectivity index (χ4v) is 5.65. The zero-order valence-electron chi connectivity index (χ0n) is 18.5. The summed E-state index contributed by atoms with van der Waals surface area (Å²) in [6, 6.07) is 3.42. The first-order chi connectivity index (χ1) is 14.1. The van der Waals surface area contributed by atoms with Crippen LogP contribution in [0.2, 0.25) is 0 Å². The van der Waals surface area contributed by atoms with Gasteiger partial charge in [-0.1, -0.05) is 58.4 Å². The molecule has 0 heterocycles. The molecule has 3 heteroatoms. The van der Waals surface area contributed by atoms with E-state index in [9.17, 15) is 8.78 Å². The summed E-state index contributed by atoms with van der Waals surface area (Å²) in [6.45, 7) is 4.92. The fraction of sp³-hybridized carbons (Fsp3) is 0.769. The van der Waals surface area contributed by atoms with Crippen LogP contribution >= 0.6 is 0 Å². The molecule has 0 N–H and O–H groups in total. The van der Waals surface area contributed by atoms with Gasteiger partial charge < -0.3 is 4.74 Å². The van der Waals surface area contributed by atoms with E-state index in [-0.39, 0.29) is 11.7 Å². The number of halogens is 2. The third-order valence-corrected chi connectivity index (χ3v) is 7.68.